The lowest BCUT2D eigenvalue weighted by Crippen LogP contribution is -2.14. The Balaban J connectivity index is 1.56. The number of nitrogens with one attached hydrogen (secondary N) is 1. The van der Waals surface area contributed by atoms with Crippen LogP contribution in [0, 0.1) is 25.5 Å². The smallest absolute Gasteiger partial charge is 0.234 e. The fourth-order valence-corrected chi connectivity index (χ4v) is 3.68. The third-order valence-corrected chi connectivity index (χ3v) is 5.69. The second-order valence-electron chi connectivity index (χ2n) is 7.49. The van der Waals surface area contributed by atoms with Gasteiger partial charge in [-0.05, 0) is 26.0 Å². The fourth-order valence-electron chi connectivity index (χ4n) is 3.09. The van der Waals surface area contributed by atoms with Crippen LogP contribution in [0.15, 0.2) is 71.9 Å². The van der Waals surface area contributed by atoms with Gasteiger partial charge in [0, 0.05) is 22.9 Å². The van der Waals surface area contributed by atoms with Crippen molar-refractivity contribution in [2.45, 2.75) is 19.0 Å². The number of rotatable bonds is 6. The number of halogens is 2. The number of hydrogen-bond donors (Lipinski definition) is 1. The van der Waals surface area contributed by atoms with E-state index in [0.717, 1.165) is 46.1 Å². The second kappa shape index (κ2) is 9.87. The molecule has 1 heterocycles. The maximum Gasteiger partial charge on any atom is 0.234 e. The summed E-state index contributed by atoms with van der Waals surface area (Å²) in [4.78, 5) is 16.9. The van der Waals surface area contributed by atoms with Gasteiger partial charge in [0.1, 0.15) is 11.4 Å². The number of aromatic nitrogens is 3. The standard InChI is InChI=1S/C25H20F2N4OS/c1-15-3-7-17(8-4-15)23-24(18-9-5-16(2)6-10-18)30-31-25(29-23)33-14-22(32)28-19-11-12-20(26)21(27)13-19/h3-13H,14H2,1-2H3,(H,28,32). The highest BCUT2D eigenvalue weighted by Gasteiger charge is 2.15. The fraction of sp³-hybridized carbons (Fsp3) is 0.120. The Labute approximate surface area is 194 Å². The van der Waals surface area contributed by atoms with E-state index in [9.17, 15) is 13.6 Å². The SMILES string of the molecule is Cc1ccc(-c2nnc(SCC(=O)Nc3ccc(F)c(F)c3)nc2-c2ccc(C)cc2)cc1. The molecule has 8 heteroatoms. The van der Waals surface area contributed by atoms with E-state index >= 15 is 0 Å². The summed E-state index contributed by atoms with van der Waals surface area (Å²) >= 11 is 1.11. The molecule has 0 saturated heterocycles. The van der Waals surface area contributed by atoms with Crippen LogP contribution in [0.2, 0.25) is 0 Å². The summed E-state index contributed by atoms with van der Waals surface area (Å²) in [5.74, 6) is -2.41. The molecule has 1 aromatic heterocycles. The molecule has 0 fully saturated rings. The van der Waals surface area contributed by atoms with Crippen molar-refractivity contribution in [1.82, 2.24) is 15.2 Å². The minimum atomic E-state index is -1.03. The summed E-state index contributed by atoms with van der Waals surface area (Å²) < 4.78 is 26.4. The molecule has 0 aliphatic heterocycles. The van der Waals surface area contributed by atoms with Gasteiger partial charge in [-0.1, -0.05) is 71.4 Å². The van der Waals surface area contributed by atoms with E-state index in [1.165, 1.54) is 6.07 Å². The van der Waals surface area contributed by atoms with Crippen LogP contribution in [-0.2, 0) is 4.79 Å². The molecule has 0 saturated carbocycles. The van der Waals surface area contributed by atoms with E-state index in [1.807, 2.05) is 62.4 Å². The highest BCUT2D eigenvalue weighted by Crippen LogP contribution is 2.30. The Bertz CT molecular complexity index is 1300. The predicted molar refractivity (Wildman–Crippen MR) is 126 cm³/mol. The van der Waals surface area contributed by atoms with Gasteiger partial charge in [-0.15, -0.1) is 10.2 Å². The van der Waals surface area contributed by atoms with Crippen LogP contribution in [0.1, 0.15) is 11.1 Å². The zero-order chi connectivity index (χ0) is 23.4. The molecule has 0 aliphatic rings. The molecule has 0 spiro atoms. The number of thioether (sulfide) groups is 1. The number of anilines is 1. The summed E-state index contributed by atoms with van der Waals surface area (Å²) in [6.45, 7) is 4.02. The van der Waals surface area contributed by atoms with Crippen molar-refractivity contribution in [1.29, 1.82) is 0 Å². The largest absolute Gasteiger partial charge is 0.325 e. The zero-order valence-electron chi connectivity index (χ0n) is 18.0. The quantitative estimate of drug-likeness (QED) is 0.365. The Hall–Kier alpha value is -3.65. The van der Waals surface area contributed by atoms with Crippen LogP contribution in [0.5, 0.6) is 0 Å². The highest BCUT2D eigenvalue weighted by molar-refractivity contribution is 7.99. The van der Waals surface area contributed by atoms with Crippen LogP contribution in [0.4, 0.5) is 14.5 Å². The maximum atomic E-state index is 13.4. The van der Waals surface area contributed by atoms with Crippen molar-refractivity contribution in [2.24, 2.45) is 0 Å². The van der Waals surface area contributed by atoms with Gasteiger partial charge in [-0.3, -0.25) is 4.79 Å². The van der Waals surface area contributed by atoms with Crippen LogP contribution < -0.4 is 5.32 Å². The van der Waals surface area contributed by atoms with Crippen LogP contribution >= 0.6 is 11.8 Å². The number of carbonyl (C=O) groups is 1. The minimum Gasteiger partial charge on any atom is -0.325 e. The van der Waals surface area contributed by atoms with Gasteiger partial charge in [-0.25, -0.2) is 13.8 Å². The molecule has 166 valence electrons. The summed E-state index contributed by atoms with van der Waals surface area (Å²) in [6.07, 6.45) is 0. The molecule has 0 atom stereocenters. The molecule has 4 rings (SSSR count). The lowest BCUT2D eigenvalue weighted by molar-refractivity contribution is -0.113. The highest BCUT2D eigenvalue weighted by atomic mass is 32.2. The lowest BCUT2D eigenvalue weighted by Gasteiger charge is -2.10. The third-order valence-electron chi connectivity index (χ3n) is 4.85. The lowest BCUT2D eigenvalue weighted by atomic mass is 10.0. The summed E-state index contributed by atoms with van der Waals surface area (Å²) in [5, 5.41) is 11.5. The van der Waals surface area contributed by atoms with Crippen molar-refractivity contribution < 1.29 is 13.6 Å². The summed E-state index contributed by atoms with van der Waals surface area (Å²) in [7, 11) is 0. The third kappa shape index (κ3) is 5.59. The second-order valence-corrected chi connectivity index (χ2v) is 8.43. The Morgan fingerprint density at radius 3 is 2.03 bits per heavy atom. The van der Waals surface area contributed by atoms with Crippen molar-refractivity contribution in [3.05, 3.63) is 89.5 Å². The van der Waals surface area contributed by atoms with E-state index in [0.29, 0.717) is 16.5 Å². The average molecular weight is 463 g/mol. The molecule has 0 bridgehead atoms. The predicted octanol–water partition coefficient (Wildman–Crippen LogP) is 5.83. The normalized spacial score (nSPS) is 10.8. The first-order valence-corrected chi connectivity index (χ1v) is 11.1. The molecule has 1 amide bonds. The first-order valence-electron chi connectivity index (χ1n) is 10.2. The van der Waals surface area contributed by atoms with Gasteiger partial charge in [0.15, 0.2) is 11.6 Å². The molecule has 1 N–H and O–H groups in total. The van der Waals surface area contributed by atoms with E-state index in [-0.39, 0.29) is 11.4 Å². The summed E-state index contributed by atoms with van der Waals surface area (Å²) in [6, 6.07) is 19.1. The van der Waals surface area contributed by atoms with Crippen LogP contribution in [0.3, 0.4) is 0 Å². The van der Waals surface area contributed by atoms with Crippen LogP contribution in [-0.4, -0.2) is 26.8 Å². The summed E-state index contributed by atoms with van der Waals surface area (Å²) in [5.41, 5.74) is 5.53. The number of amides is 1. The Kier molecular flexibility index (Phi) is 6.74. The number of nitrogens with zero attached hydrogens (tertiary/aromatic N) is 3. The number of carbonyl (C=O) groups excluding carboxylic acids is 1. The molecular formula is C25H20F2N4OS. The first kappa shape index (κ1) is 22.5. The average Bonchev–Trinajstić information content (AvgIpc) is 2.81. The minimum absolute atomic E-state index is 0.0160. The Morgan fingerprint density at radius 2 is 1.42 bits per heavy atom. The van der Waals surface area contributed by atoms with E-state index in [1.54, 1.807) is 0 Å². The molecule has 33 heavy (non-hydrogen) atoms. The Morgan fingerprint density at radius 1 is 0.818 bits per heavy atom. The van der Waals surface area contributed by atoms with Gasteiger partial charge in [0.25, 0.3) is 0 Å². The van der Waals surface area contributed by atoms with Crippen molar-refractivity contribution >= 4 is 23.4 Å². The van der Waals surface area contributed by atoms with Gasteiger partial charge < -0.3 is 5.32 Å². The molecule has 3 aromatic carbocycles. The van der Waals surface area contributed by atoms with Gasteiger partial charge in [-0.2, -0.15) is 0 Å². The molecule has 4 aromatic rings. The molecule has 0 radical (unpaired) electrons. The molecule has 0 unspecified atom stereocenters. The van der Waals surface area contributed by atoms with Gasteiger partial charge in [0.05, 0.1) is 5.75 Å². The van der Waals surface area contributed by atoms with Crippen molar-refractivity contribution in [2.75, 3.05) is 11.1 Å². The number of hydrogen-bond acceptors (Lipinski definition) is 5. The van der Waals surface area contributed by atoms with E-state index in [4.69, 9.17) is 0 Å². The molecule has 0 aliphatic carbocycles. The van der Waals surface area contributed by atoms with Crippen molar-refractivity contribution in [3.8, 4) is 22.5 Å². The number of aryl methyl sites for hydroxylation is 2. The van der Waals surface area contributed by atoms with E-state index in [2.05, 4.69) is 20.5 Å². The molecular weight excluding hydrogens is 442 g/mol. The topological polar surface area (TPSA) is 67.8 Å². The monoisotopic (exact) mass is 462 g/mol. The van der Waals surface area contributed by atoms with Crippen molar-refractivity contribution in [3.63, 3.8) is 0 Å². The maximum absolute atomic E-state index is 13.4. The van der Waals surface area contributed by atoms with Gasteiger partial charge in [0.2, 0.25) is 11.1 Å². The van der Waals surface area contributed by atoms with E-state index < -0.39 is 17.5 Å². The van der Waals surface area contributed by atoms with Gasteiger partial charge >= 0.3 is 0 Å². The molecule has 5 nitrogen and oxygen atoms in total. The zero-order valence-corrected chi connectivity index (χ0v) is 18.8. The number of benzene rings is 3. The first-order chi connectivity index (χ1) is 15.9. The van der Waals surface area contributed by atoms with Crippen LogP contribution in [0.25, 0.3) is 22.5 Å².